The second kappa shape index (κ2) is 8.27. The molecular weight excluding hydrogens is 397 g/mol. The maximum Gasteiger partial charge on any atom is 0.0499 e. The van der Waals surface area contributed by atoms with Crippen molar-refractivity contribution < 1.29 is 5.11 Å². The van der Waals surface area contributed by atoms with Crippen molar-refractivity contribution in [2.75, 3.05) is 13.2 Å². The highest BCUT2D eigenvalue weighted by Crippen LogP contribution is 2.42. The Bertz CT molecular complexity index is 589. The van der Waals surface area contributed by atoms with Gasteiger partial charge in [0, 0.05) is 48.0 Å². The van der Waals surface area contributed by atoms with Gasteiger partial charge in [0.25, 0.3) is 0 Å². The van der Waals surface area contributed by atoms with Crippen molar-refractivity contribution in [2.45, 2.75) is 31.2 Å². The van der Waals surface area contributed by atoms with E-state index in [1.807, 2.05) is 6.07 Å². The number of piperidine rings is 1. The Balaban J connectivity index is 1.81. The largest absolute Gasteiger partial charge is 0.396 e. The van der Waals surface area contributed by atoms with Gasteiger partial charge in [-0.25, -0.2) is 3.11 Å². The molecule has 122 valence electrons. The number of nitrogens with zero attached hydrogens (tertiary/aromatic N) is 1. The van der Waals surface area contributed by atoms with Gasteiger partial charge in [0.2, 0.25) is 0 Å². The molecule has 1 saturated heterocycles. The first-order valence-corrected chi connectivity index (χ1v) is 9.39. The topological polar surface area (TPSA) is 23.5 Å². The molecule has 2 nitrogen and oxygen atoms in total. The van der Waals surface area contributed by atoms with Crippen LogP contribution >= 0.6 is 22.9 Å². The Hall–Kier alpha value is -0.910. The summed E-state index contributed by atoms with van der Waals surface area (Å²) in [4.78, 5) is 0. The normalized spacial score (nSPS) is 23.6. The van der Waals surface area contributed by atoms with Gasteiger partial charge in [-0.2, -0.15) is 0 Å². The summed E-state index contributed by atoms with van der Waals surface area (Å²) < 4.78 is 2.46. The van der Waals surface area contributed by atoms with E-state index in [1.165, 1.54) is 24.0 Å². The monoisotopic (exact) mass is 421 g/mol. The van der Waals surface area contributed by atoms with Crippen LogP contribution in [0.1, 0.15) is 42.3 Å². The van der Waals surface area contributed by atoms with Crippen LogP contribution in [0.3, 0.4) is 0 Å². The fourth-order valence-corrected chi connectivity index (χ4v) is 4.89. The van der Waals surface area contributed by atoms with E-state index < -0.39 is 0 Å². The molecule has 0 radical (unpaired) electrons. The highest BCUT2D eigenvalue weighted by Gasteiger charge is 2.33. The van der Waals surface area contributed by atoms with Gasteiger partial charge < -0.3 is 5.11 Å². The predicted molar refractivity (Wildman–Crippen MR) is 104 cm³/mol. The fraction of sp³-hybridized carbons (Fsp3) is 0.400. The Labute approximate surface area is 153 Å². The molecule has 0 spiro atoms. The molecule has 2 aromatic rings. The fourth-order valence-electron chi connectivity index (χ4n) is 3.77. The maximum absolute atomic E-state index is 9.92. The zero-order valence-electron chi connectivity index (χ0n) is 13.3. The third-order valence-electron chi connectivity index (χ3n) is 4.91. The lowest BCUT2D eigenvalue weighted by Gasteiger charge is -2.39. The van der Waals surface area contributed by atoms with Gasteiger partial charge in [0.1, 0.15) is 0 Å². The van der Waals surface area contributed by atoms with E-state index in [4.69, 9.17) is 0 Å². The summed E-state index contributed by atoms with van der Waals surface area (Å²) in [5, 5.41) is 9.92. The van der Waals surface area contributed by atoms with Crippen LogP contribution < -0.4 is 0 Å². The number of rotatable bonds is 5. The smallest absolute Gasteiger partial charge is 0.0499 e. The third kappa shape index (κ3) is 4.14. The van der Waals surface area contributed by atoms with Crippen LogP contribution in [0.2, 0.25) is 0 Å². The first-order chi connectivity index (χ1) is 11.3. The predicted octanol–water partition coefficient (Wildman–Crippen LogP) is 4.96. The number of benzene rings is 2. The molecule has 0 amide bonds. The van der Waals surface area contributed by atoms with Gasteiger partial charge in [0.15, 0.2) is 0 Å². The molecule has 1 aliphatic heterocycles. The second-order valence-electron chi connectivity index (χ2n) is 6.41. The summed E-state index contributed by atoms with van der Waals surface area (Å²) in [6.45, 7) is 1.37. The van der Waals surface area contributed by atoms with Crippen molar-refractivity contribution in [2.24, 2.45) is 5.92 Å². The number of hydrogen-bond donors (Lipinski definition) is 1. The molecule has 23 heavy (non-hydrogen) atoms. The van der Waals surface area contributed by atoms with E-state index in [0.717, 1.165) is 13.0 Å². The number of aliphatic hydroxyl groups excluding tert-OH is 1. The number of hydrogen-bond acceptors (Lipinski definition) is 2. The number of aliphatic hydroxyl groups is 1. The molecular formula is C20H24INO. The van der Waals surface area contributed by atoms with Crippen LogP contribution in [0.5, 0.6) is 0 Å². The molecule has 1 unspecified atom stereocenters. The lowest BCUT2D eigenvalue weighted by molar-refractivity contribution is 0.166. The summed E-state index contributed by atoms with van der Waals surface area (Å²) in [7, 11) is 0. The van der Waals surface area contributed by atoms with Gasteiger partial charge in [-0.05, 0) is 36.3 Å². The van der Waals surface area contributed by atoms with Crippen molar-refractivity contribution in [3.05, 3.63) is 71.8 Å². The van der Waals surface area contributed by atoms with E-state index >= 15 is 0 Å². The highest BCUT2D eigenvalue weighted by molar-refractivity contribution is 14.1. The Morgan fingerprint density at radius 3 is 2.35 bits per heavy atom. The summed E-state index contributed by atoms with van der Waals surface area (Å²) >= 11 is 2.48. The van der Waals surface area contributed by atoms with Gasteiger partial charge >= 0.3 is 0 Å². The lowest BCUT2D eigenvalue weighted by atomic mass is 9.79. The molecule has 1 fully saturated rings. The van der Waals surface area contributed by atoms with Crippen molar-refractivity contribution in [3.63, 3.8) is 0 Å². The molecule has 1 N–H and O–H groups in total. The van der Waals surface area contributed by atoms with Gasteiger partial charge in [-0.1, -0.05) is 60.7 Å². The average molecular weight is 421 g/mol. The van der Waals surface area contributed by atoms with Crippen LogP contribution in [0, 0.1) is 5.92 Å². The van der Waals surface area contributed by atoms with Crippen molar-refractivity contribution in [1.82, 2.24) is 3.11 Å². The standard InChI is InChI=1S/C20H24INO/c21-22-13-7-12-18(20(22)17-10-5-2-6-11-17)14-19(15-23)16-8-3-1-4-9-16/h1-6,8-11,18-20,23H,7,12-15H2/t18?,19-,20-/m0/s1. The van der Waals surface area contributed by atoms with Crippen LogP contribution in [-0.2, 0) is 0 Å². The lowest BCUT2D eigenvalue weighted by Crippen LogP contribution is -2.33. The van der Waals surface area contributed by atoms with E-state index in [2.05, 4.69) is 80.6 Å². The number of halogens is 1. The SMILES string of the molecule is OC[C@H](CC1CCCN(I)[C@H]1c1ccccc1)c1ccccc1. The second-order valence-corrected chi connectivity index (χ2v) is 7.65. The quantitative estimate of drug-likeness (QED) is 0.545. The molecule has 0 aromatic heterocycles. The zero-order chi connectivity index (χ0) is 16.1. The summed E-state index contributed by atoms with van der Waals surface area (Å²) in [6, 6.07) is 21.7. The Morgan fingerprint density at radius 1 is 1.04 bits per heavy atom. The first-order valence-electron chi connectivity index (χ1n) is 8.42. The summed E-state index contributed by atoms with van der Waals surface area (Å²) in [5.74, 6) is 0.815. The van der Waals surface area contributed by atoms with Crippen LogP contribution in [0.25, 0.3) is 0 Å². The minimum absolute atomic E-state index is 0.225. The van der Waals surface area contributed by atoms with Gasteiger partial charge in [-0.3, -0.25) is 0 Å². The maximum atomic E-state index is 9.92. The average Bonchev–Trinajstić information content (AvgIpc) is 2.61. The van der Waals surface area contributed by atoms with Crippen molar-refractivity contribution in [1.29, 1.82) is 0 Å². The molecule has 0 bridgehead atoms. The molecule has 0 aliphatic carbocycles. The Morgan fingerprint density at radius 2 is 1.70 bits per heavy atom. The van der Waals surface area contributed by atoms with Gasteiger partial charge in [-0.15, -0.1) is 0 Å². The molecule has 1 aliphatic rings. The van der Waals surface area contributed by atoms with Crippen molar-refractivity contribution in [3.8, 4) is 0 Å². The molecule has 3 rings (SSSR count). The Kier molecular flexibility index (Phi) is 6.08. The third-order valence-corrected chi connectivity index (χ3v) is 6.00. The van der Waals surface area contributed by atoms with E-state index in [-0.39, 0.29) is 12.5 Å². The molecule has 2 aromatic carbocycles. The summed E-state index contributed by atoms with van der Waals surface area (Å²) in [6.07, 6.45) is 3.52. The van der Waals surface area contributed by atoms with Crippen LogP contribution in [0.4, 0.5) is 0 Å². The zero-order valence-corrected chi connectivity index (χ0v) is 15.5. The highest BCUT2D eigenvalue weighted by atomic mass is 127. The van der Waals surface area contributed by atoms with E-state index in [1.54, 1.807) is 0 Å². The summed E-state index contributed by atoms with van der Waals surface area (Å²) in [5.41, 5.74) is 2.66. The van der Waals surface area contributed by atoms with E-state index in [0.29, 0.717) is 12.0 Å². The minimum atomic E-state index is 0.225. The van der Waals surface area contributed by atoms with E-state index in [9.17, 15) is 5.11 Å². The molecule has 3 atom stereocenters. The van der Waals surface area contributed by atoms with Gasteiger partial charge in [0.05, 0.1) is 0 Å². The first kappa shape index (κ1) is 16.9. The van der Waals surface area contributed by atoms with Crippen LogP contribution in [0.15, 0.2) is 60.7 Å². The van der Waals surface area contributed by atoms with Crippen molar-refractivity contribution >= 4 is 22.9 Å². The molecule has 3 heteroatoms. The minimum Gasteiger partial charge on any atom is -0.396 e. The van der Waals surface area contributed by atoms with Crippen LogP contribution in [-0.4, -0.2) is 21.4 Å². The molecule has 1 heterocycles. The molecule has 0 saturated carbocycles.